The lowest BCUT2D eigenvalue weighted by atomic mass is 10.3. The predicted molar refractivity (Wildman–Crippen MR) is 44.7 cm³/mol. The van der Waals surface area contributed by atoms with E-state index in [0.29, 0.717) is 0 Å². The van der Waals surface area contributed by atoms with E-state index in [1.807, 2.05) is 0 Å². The zero-order valence-electron chi connectivity index (χ0n) is 6.73. The van der Waals surface area contributed by atoms with Crippen LogP contribution in [0.15, 0.2) is 17.0 Å². The van der Waals surface area contributed by atoms with Crippen molar-refractivity contribution in [2.75, 3.05) is 13.4 Å². The highest BCUT2D eigenvalue weighted by atomic mass is 32.2. The molecule has 12 heavy (non-hydrogen) atoms. The summed E-state index contributed by atoms with van der Waals surface area (Å²) in [6, 6.07) is 2.46. The number of rotatable bonds is 2. The first kappa shape index (κ1) is 9.32. The Morgan fingerprint density at radius 3 is 2.50 bits per heavy atom. The van der Waals surface area contributed by atoms with Crippen LogP contribution in [-0.4, -0.2) is 13.4 Å². The molecule has 0 fully saturated rings. The Labute approximate surface area is 73.7 Å². The van der Waals surface area contributed by atoms with Crippen LogP contribution in [0.4, 0.5) is 8.78 Å². The molecule has 0 aliphatic rings. The van der Waals surface area contributed by atoms with Gasteiger partial charge in [0.2, 0.25) is 0 Å². The van der Waals surface area contributed by atoms with Gasteiger partial charge in [0, 0.05) is 0 Å². The van der Waals surface area contributed by atoms with Gasteiger partial charge in [0.1, 0.15) is 5.82 Å². The molecular weight excluding hydrogens is 182 g/mol. The Morgan fingerprint density at radius 2 is 2.00 bits per heavy atom. The van der Waals surface area contributed by atoms with Crippen molar-refractivity contribution < 1.29 is 13.5 Å². The molecule has 4 heteroatoms. The van der Waals surface area contributed by atoms with Crippen LogP contribution in [0.1, 0.15) is 0 Å². The Balaban J connectivity index is 3.24. The van der Waals surface area contributed by atoms with Gasteiger partial charge < -0.3 is 4.74 Å². The van der Waals surface area contributed by atoms with Crippen molar-refractivity contribution >= 4 is 11.8 Å². The van der Waals surface area contributed by atoms with E-state index in [4.69, 9.17) is 0 Å². The Bertz CT molecular complexity index is 289. The molecule has 1 aromatic rings. The molecule has 0 N–H and O–H groups in total. The van der Waals surface area contributed by atoms with E-state index in [0.717, 1.165) is 11.8 Å². The van der Waals surface area contributed by atoms with Crippen LogP contribution in [0, 0.1) is 11.6 Å². The molecule has 1 rings (SSSR count). The molecule has 0 aliphatic heterocycles. The van der Waals surface area contributed by atoms with Crippen molar-refractivity contribution in [3.8, 4) is 5.75 Å². The van der Waals surface area contributed by atoms with Gasteiger partial charge in [-0.3, -0.25) is 0 Å². The fourth-order valence-electron chi connectivity index (χ4n) is 0.859. The van der Waals surface area contributed by atoms with E-state index >= 15 is 0 Å². The third-order valence-corrected chi connectivity index (χ3v) is 2.22. The summed E-state index contributed by atoms with van der Waals surface area (Å²) >= 11 is 1.02. The normalized spacial score (nSPS) is 10.0. The van der Waals surface area contributed by atoms with Crippen LogP contribution in [0.2, 0.25) is 0 Å². The van der Waals surface area contributed by atoms with E-state index in [1.165, 1.54) is 19.2 Å². The lowest BCUT2D eigenvalue weighted by Gasteiger charge is -2.05. The summed E-state index contributed by atoms with van der Waals surface area (Å²) in [6.45, 7) is 0. The zero-order chi connectivity index (χ0) is 9.14. The molecule has 0 heterocycles. The smallest absolute Gasteiger partial charge is 0.181 e. The quantitative estimate of drug-likeness (QED) is 0.663. The summed E-state index contributed by atoms with van der Waals surface area (Å²) < 4.78 is 30.7. The van der Waals surface area contributed by atoms with Crippen molar-refractivity contribution in [3.63, 3.8) is 0 Å². The van der Waals surface area contributed by atoms with Gasteiger partial charge in [-0.2, -0.15) is 0 Å². The molecule has 0 unspecified atom stereocenters. The predicted octanol–water partition coefficient (Wildman–Crippen LogP) is 2.70. The van der Waals surface area contributed by atoms with E-state index in [1.54, 1.807) is 6.26 Å². The average molecular weight is 190 g/mol. The van der Waals surface area contributed by atoms with E-state index in [9.17, 15) is 8.78 Å². The minimum Gasteiger partial charge on any atom is -0.494 e. The molecule has 1 nitrogen and oxygen atoms in total. The molecule has 0 amide bonds. The first-order valence-corrected chi connectivity index (χ1v) is 4.49. The topological polar surface area (TPSA) is 9.23 Å². The summed E-state index contributed by atoms with van der Waals surface area (Å²) in [7, 11) is 1.35. The molecule has 0 bridgehead atoms. The Morgan fingerprint density at radius 1 is 1.33 bits per heavy atom. The van der Waals surface area contributed by atoms with Crippen molar-refractivity contribution in [1.29, 1.82) is 0 Å². The van der Waals surface area contributed by atoms with Crippen LogP contribution >= 0.6 is 11.8 Å². The van der Waals surface area contributed by atoms with Crippen molar-refractivity contribution in [2.24, 2.45) is 0 Å². The number of ether oxygens (including phenoxy) is 1. The summed E-state index contributed by atoms with van der Waals surface area (Å²) in [5.41, 5.74) is 0. The molecule has 0 saturated heterocycles. The highest BCUT2D eigenvalue weighted by Crippen LogP contribution is 2.29. The average Bonchev–Trinajstić information content (AvgIpc) is 2.06. The van der Waals surface area contributed by atoms with Crippen LogP contribution in [0.3, 0.4) is 0 Å². The molecule has 0 aliphatic carbocycles. The molecule has 0 saturated carbocycles. The fourth-order valence-corrected chi connectivity index (χ4v) is 1.40. The summed E-state index contributed by atoms with van der Waals surface area (Å²) in [5, 5.41) is 0. The van der Waals surface area contributed by atoms with Gasteiger partial charge in [0.05, 0.1) is 12.0 Å². The van der Waals surface area contributed by atoms with Gasteiger partial charge in [-0.15, -0.1) is 11.8 Å². The number of hydrogen-bond acceptors (Lipinski definition) is 2. The minimum absolute atomic E-state index is 0.00523. The number of hydrogen-bond donors (Lipinski definition) is 0. The first-order chi connectivity index (χ1) is 5.70. The second-order valence-electron chi connectivity index (χ2n) is 2.10. The van der Waals surface area contributed by atoms with Gasteiger partial charge in [0.25, 0.3) is 0 Å². The minimum atomic E-state index is -0.634. The lowest BCUT2D eigenvalue weighted by Crippen LogP contribution is -1.92. The van der Waals surface area contributed by atoms with E-state index in [-0.39, 0.29) is 10.6 Å². The van der Waals surface area contributed by atoms with Crippen molar-refractivity contribution in [2.45, 2.75) is 4.90 Å². The maximum absolute atomic E-state index is 13.1. The molecular formula is C8H8F2OS. The number of methoxy groups -OCH3 is 1. The number of halogens is 2. The first-order valence-electron chi connectivity index (χ1n) is 3.26. The molecule has 1 aromatic carbocycles. The fraction of sp³-hybridized carbons (Fsp3) is 0.250. The van der Waals surface area contributed by atoms with Crippen molar-refractivity contribution in [3.05, 3.63) is 23.8 Å². The highest BCUT2D eigenvalue weighted by Gasteiger charge is 2.12. The summed E-state index contributed by atoms with van der Waals surface area (Å²) in [4.78, 5) is -0.00523. The molecule has 66 valence electrons. The van der Waals surface area contributed by atoms with Gasteiger partial charge in [-0.1, -0.05) is 0 Å². The zero-order valence-corrected chi connectivity index (χ0v) is 7.54. The number of benzene rings is 1. The van der Waals surface area contributed by atoms with Gasteiger partial charge in [-0.25, -0.2) is 8.78 Å². The maximum Gasteiger partial charge on any atom is 0.181 e. The monoisotopic (exact) mass is 190 g/mol. The van der Waals surface area contributed by atoms with Crippen LogP contribution in [-0.2, 0) is 0 Å². The third kappa shape index (κ3) is 1.53. The van der Waals surface area contributed by atoms with Crippen LogP contribution in [0.25, 0.3) is 0 Å². The lowest BCUT2D eigenvalue weighted by molar-refractivity contribution is 0.376. The second-order valence-corrected chi connectivity index (χ2v) is 2.91. The SMILES string of the molecule is COc1ccc(F)c(SC)c1F. The summed E-state index contributed by atoms with van der Waals surface area (Å²) in [5.74, 6) is -1.12. The number of thioether (sulfide) groups is 1. The van der Waals surface area contributed by atoms with Gasteiger partial charge in [-0.05, 0) is 18.4 Å². The molecule has 0 spiro atoms. The molecule has 0 radical (unpaired) electrons. The van der Waals surface area contributed by atoms with Crippen LogP contribution < -0.4 is 4.74 Å². The van der Waals surface area contributed by atoms with Crippen molar-refractivity contribution in [1.82, 2.24) is 0 Å². The van der Waals surface area contributed by atoms with Crippen LogP contribution in [0.5, 0.6) is 5.75 Å². The largest absolute Gasteiger partial charge is 0.494 e. The highest BCUT2D eigenvalue weighted by molar-refractivity contribution is 7.98. The molecule has 0 atom stereocenters. The standard InChI is InChI=1S/C8H8F2OS/c1-11-6-4-3-5(9)8(12-2)7(6)10/h3-4H,1-2H3. The maximum atomic E-state index is 13.1. The van der Waals surface area contributed by atoms with Gasteiger partial charge >= 0.3 is 0 Å². The third-order valence-electron chi connectivity index (χ3n) is 1.44. The second kappa shape index (κ2) is 3.76. The van der Waals surface area contributed by atoms with Gasteiger partial charge in [0.15, 0.2) is 11.6 Å². The Hall–Kier alpha value is -0.770. The molecule has 0 aromatic heterocycles. The summed E-state index contributed by atoms with van der Waals surface area (Å²) in [6.07, 6.45) is 1.61. The Kier molecular flexibility index (Phi) is 2.92. The van der Waals surface area contributed by atoms with E-state index in [2.05, 4.69) is 4.74 Å². The van der Waals surface area contributed by atoms with E-state index < -0.39 is 11.6 Å².